The van der Waals surface area contributed by atoms with Crippen molar-refractivity contribution in [2.24, 2.45) is 0 Å². The Morgan fingerprint density at radius 3 is 2.81 bits per heavy atom. The first-order valence-corrected chi connectivity index (χ1v) is 9.34. The van der Waals surface area contributed by atoms with Gasteiger partial charge in [0.05, 0.1) is 13.0 Å². The number of thiophene rings is 1. The molecule has 0 saturated carbocycles. The largest absolute Gasteiger partial charge is 0.462 e. The number of ether oxygens (including phenoxy) is 3. The standard InChI is InChI=1S/C20H17NO5S/c1-2-24-20(23)18-13-5-3-4-6-16(13)27-19(18)21-17(22)10-12-7-8-14-15(9-12)26-11-25-14/h3-9H,2,10-11H2,1H3,(H,21,22). The molecule has 1 aliphatic rings. The lowest BCUT2D eigenvalue weighted by Crippen LogP contribution is -2.16. The lowest BCUT2D eigenvalue weighted by molar-refractivity contribution is -0.115. The summed E-state index contributed by atoms with van der Waals surface area (Å²) in [4.78, 5) is 25.0. The first kappa shape index (κ1) is 17.4. The van der Waals surface area contributed by atoms with E-state index in [-0.39, 0.29) is 25.7 Å². The second-order valence-corrected chi connectivity index (χ2v) is 6.99. The van der Waals surface area contributed by atoms with E-state index >= 15 is 0 Å². The molecule has 0 atom stereocenters. The van der Waals surface area contributed by atoms with Crippen LogP contribution < -0.4 is 14.8 Å². The molecule has 4 rings (SSSR count). The fraction of sp³-hybridized carbons (Fsp3) is 0.200. The van der Waals surface area contributed by atoms with Crippen molar-refractivity contribution in [3.05, 3.63) is 53.6 Å². The number of anilines is 1. The van der Waals surface area contributed by atoms with Crippen molar-refractivity contribution in [3.63, 3.8) is 0 Å². The van der Waals surface area contributed by atoms with E-state index in [4.69, 9.17) is 14.2 Å². The smallest absolute Gasteiger partial charge is 0.341 e. The van der Waals surface area contributed by atoms with Crippen molar-refractivity contribution in [1.82, 2.24) is 0 Å². The number of fused-ring (bicyclic) bond motifs is 2. The lowest BCUT2D eigenvalue weighted by Gasteiger charge is -2.07. The highest BCUT2D eigenvalue weighted by Crippen LogP contribution is 2.36. The van der Waals surface area contributed by atoms with E-state index in [0.717, 1.165) is 15.6 Å². The zero-order valence-corrected chi connectivity index (χ0v) is 15.4. The van der Waals surface area contributed by atoms with Crippen molar-refractivity contribution >= 4 is 38.3 Å². The summed E-state index contributed by atoms with van der Waals surface area (Å²) >= 11 is 1.36. The molecule has 2 heterocycles. The van der Waals surface area contributed by atoms with Gasteiger partial charge in [0.1, 0.15) is 10.6 Å². The van der Waals surface area contributed by atoms with Gasteiger partial charge in [0.2, 0.25) is 12.7 Å². The third kappa shape index (κ3) is 3.46. The van der Waals surface area contributed by atoms with Crippen LogP contribution in [-0.4, -0.2) is 25.3 Å². The Morgan fingerprint density at radius 2 is 1.96 bits per heavy atom. The van der Waals surface area contributed by atoms with Gasteiger partial charge in [-0.25, -0.2) is 4.79 Å². The fourth-order valence-electron chi connectivity index (χ4n) is 2.95. The van der Waals surface area contributed by atoms with Crippen LogP contribution >= 0.6 is 11.3 Å². The SMILES string of the molecule is CCOC(=O)c1c(NC(=O)Cc2ccc3c(c2)OCO3)sc2ccccc12. The third-order valence-electron chi connectivity index (χ3n) is 4.13. The molecule has 1 aliphatic heterocycles. The molecule has 138 valence electrons. The van der Waals surface area contributed by atoms with Gasteiger partial charge in [0.15, 0.2) is 11.5 Å². The summed E-state index contributed by atoms with van der Waals surface area (Å²) in [6, 6.07) is 12.9. The van der Waals surface area contributed by atoms with Crippen LogP contribution in [0.15, 0.2) is 42.5 Å². The normalized spacial score (nSPS) is 12.2. The molecular formula is C20H17NO5S. The lowest BCUT2D eigenvalue weighted by atomic mass is 10.1. The van der Waals surface area contributed by atoms with Crippen LogP contribution in [0, 0.1) is 0 Å². The quantitative estimate of drug-likeness (QED) is 0.675. The topological polar surface area (TPSA) is 73.9 Å². The molecule has 6 nitrogen and oxygen atoms in total. The fourth-order valence-corrected chi connectivity index (χ4v) is 4.05. The predicted molar refractivity (Wildman–Crippen MR) is 103 cm³/mol. The van der Waals surface area contributed by atoms with Crippen LogP contribution in [0.25, 0.3) is 10.1 Å². The number of carbonyl (C=O) groups excluding carboxylic acids is 2. The monoisotopic (exact) mass is 383 g/mol. The van der Waals surface area contributed by atoms with Gasteiger partial charge in [-0.05, 0) is 30.7 Å². The molecule has 0 unspecified atom stereocenters. The van der Waals surface area contributed by atoms with E-state index in [1.165, 1.54) is 11.3 Å². The van der Waals surface area contributed by atoms with Crippen LogP contribution in [0.4, 0.5) is 5.00 Å². The second-order valence-electron chi connectivity index (χ2n) is 5.94. The Morgan fingerprint density at radius 1 is 1.15 bits per heavy atom. The molecule has 0 saturated heterocycles. The molecule has 0 fully saturated rings. The Hall–Kier alpha value is -3.06. The van der Waals surface area contributed by atoms with Gasteiger partial charge < -0.3 is 19.5 Å². The van der Waals surface area contributed by atoms with E-state index in [0.29, 0.717) is 22.1 Å². The molecule has 0 spiro atoms. The maximum atomic E-state index is 12.6. The highest BCUT2D eigenvalue weighted by Gasteiger charge is 2.22. The summed E-state index contributed by atoms with van der Waals surface area (Å²) in [5.41, 5.74) is 1.20. The molecule has 2 aromatic carbocycles. The molecule has 1 amide bonds. The molecule has 0 radical (unpaired) electrons. The van der Waals surface area contributed by atoms with E-state index in [1.807, 2.05) is 30.3 Å². The highest BCUT2D eigenvalue weighted by atomic mass is 32.1. The average molecular weight is 383 g/mol. The predicted octanol–water partition coefficient (Wildman–Crippen LogP) is 3.99. The van der Waals surface area contributed by atoms with Crippen molar-refractivity contribution in [3.8, 4) is 11.5 Å². The molecule has 1 N–H and O–H groups in total. The number of esters is 1. The van der Waals surface area contributed by atoms with E-state index in [9.17, 15) is 9.59 Å². The summed E-state index contributed by atoms with van der Waals surface area (Å²) in [5, 5.41) is 4.14. The van der Waals surface area contributed by atoms with Gasteiger partial charge in [0.25, 0.3) is 0 Å². The van der Waals surface area contributed by atoms with Crippen LogP contribution in [0.3, 0.4) is 0 Å². The minimum atomic E-state index is -0.437. The van der Waals surface area contributed by atoms with E-state index in [2.05, 4.69) is 5.32 Å². The summed E-state index contributed by atoms with van der Waals surface area (Å²) in [6.45, 7) is 2.22. The van der Waals surface area contributed by atoms with Crippen LogP contribution in [0.2, 0.25) is 0 Å². The second kappa shape index (κ2) is 7.28. The summed E-state index contributed by atoms with van der Waals surface area (Å²) < 4.78 is 16.7. The molecule has 0 aliphatic carbocycles. The van der Waals surface area contributed by atoms with Gasteiger partial charge in [-0.3, -0.25) is 4.79 Å². The Balaban J connectivity index is 1.58. The van der Waals surface area contributed by atoms with E-state index < -0.39 is 5.97 Å². The minimum absolute atomic E-state index is 0.160. The van der Waals surface area contributed by atoms with E-state index in [1.54, 1.807) is 19.1 Å². The molecule has 1 aromatic heterocycles. The number of hydrogen-bond acceptors (Lipinski definition) is 6. The number of nitrogens with one attached hydrogen (secondary N) is 1. The minimum Gasteiger partial charge on any atom is -0.462 e. The Bertz CT molecular complexity index is 1030. The van der Waals surface area contributed by atoms with Crippen LogP contribution in [0.1, 0.15) is 22.8 Å². The van der Waals surface area contributed by atoms with Crippen molar-refractivity contribution < 1.29 is 23.8 Å². The number of hydrogen-bond donors (Lipinski definition) is 1. The van der Waals surface area contributed by atoms with Crippen molar-refractivity contribution in [2.45, 2.75) is 13.3 Å². The first-order valence-electron chi connectivity index (χ1n) is 8.52. The van der Waals surface area contributed by atoms with Gasteiger partial charge in [-0.1, -0.05) is 24.3 Å². The summed E-state index contributed by atoms with van der Waals surface area (Å²) in [7, 11) is 0. The summed E-state index contributed by atoms with van der Waals surface area (Å²) in [6.07, 6.45) is 0.160. The maximum absolute atomic E-state index is 12.6. The zero-order valence-electron chi connectivity index (χ0n) is 14.6. The molecule has 0 bridgehead atoms. The number of benzene rings is 2. The van der Waals surface area contributed by atoms with Crippen LogP contribution in [-0.2, 0) is 16.0 Å². The van der Waals surface area contributed by atoms with Crippen molar-refractivity contribution in [1.29, 1.82) is 0 Å². The van der Waals surface area contributed by atoms with Gasteiger partial charge >= 0.3 is 5.97 Å². The Kier molecular flexibility index (Phi) is 4.68. The molecule has 7 heteroatoms. The summed E-state index contributed by atoms with van der Waals surface area (Å²) in [5.74, 6) is 0.655. The highest BCUT2D eigenvalue weighted by molar-refractivity contribution is 7.23. The number of amides is 1. The third-order valence-corrected chi connectivity index (χ3v) is 5.22. The van der Waals surface area contributed by atoms with Crippen LogP contribution in [0.5, 0.6) is 11.5 Å². The van der Waals surface area contributed by atoms with Crippen molar-refractivity contribution in [2.75, 3.05) is 18.7 Å². The Labute approximate surface area is 159 Å². The molecule has 27 heavy (non-hydrogen) atoms. The zero-order chi connectivity index (χ0) is 18.8. The van der Waals surface area contributed by atoms with Gasteiger partial charge in [-0.2, -0.15) is 0 Å². The van der Waals surface area contributed by atoms with Gasteiger partial charge in [-0.15, -0.1) is 11.3 Å². The number of carbonyl (C=O) groups is 2. The van der Waals surface area contributed by atoms with Gasteiger partial charge in [0, 0.05) is 10.1 Å². The molecule has 3 aromatic rings. The average Bonchev–Trinajstić information content (AvgIpc) is 3.25. The molecular weight excluding hydrogens is 366 g/mol. The number of rotatable bonds is 5. The first-order chi connectivity index (χ1) is 13.2. The maximum Gasteiger partial charge on any atom is 0.341 e.